The molecule has 1 aliphatic rings. The zero-order chi connectivity index (χ0) is 12.8. The van der Waals surface area contributed by atoms with Crippen molar-refractivity contribution in [1.82, 2.24) is 4.90 Å². The molecule has 1 aliphatic heterocycles. The van der Waals surface area contributed by atoms with Crippen molar-refractivity contribution in [3.05, 3.63) is 35.4 Å². The van der Waals surface area contributed by atoms with E-state index < -0.39 is 0 Å². The van der Waals surface area contributed by atoms with E-state index in [1.54, 1.807) is 6.08 Å². The van der Waals surface area contributed by atoms with Gasteiger partial charge in [0.25, 0.3) is 0 Å². The van der Waals surface area contributed by atoms with Crippen molar-refractivity contribution in [3.63, 3.8) is 0 Å². The summed E-state index contributed by atoms with van der Waals surface area (Å²) in [7, 11) is 2.19. The zero-order valence-electron chi connectivity index (χ0n) is 10.9. The molecular weight excluding hydrogens is 224 g/mol. The molecule has 1 aromatic rings. The summed E-state index contributed by atoms with van der Waals surface area (Å²) in [6.45, 7) is 2.80. The van der Waals surface area contributed by atoms with Gasteiger partial charge in [0.05, 0.1) is 6.54 Å². The smallest absolute Gasteiger partial charge is 0.235 e. The second-order valence-corrected chi connectivity index (χ2v) is 5.04. The molecule has 0 aliphatic carbocycles. The average molecular weight is 244 g/mol. The summed E-state index contributed by atoms with van der Waals surface area (Å²) in [5, 5.41) is 0. The van der Waals surface area contributed by atoms with Crippen molar-refractivity contribution in [1.29, 1.82) is 0 Å². The molecule has 1 saturated heterocycles. The van der Waals surface area contributed by atoms with Crippen LogP contribution >= 0.6 is 0 Å². The summed E-state index contributed by atoms with van der Waals surface area (Å²) in [5.74, 6) is 0.605. The lowest BCUT2D eigenvalue weighted by Crippen LogP contribution is -2.18. The van der Waals surface area contributed by atoms with Gasteiger partial charge in [0.1, 0.15) is 0 Å². The second-order valence-electron chi connectivity index (χ2n) is 5.04. The number of carbonyl (C=O) groups excluding carboxylic acids is 1. The van der Waals surface area contributed by atoms with Crippen molar-refractivity contribution >= 4 is 6.08 Å². The highest BCUT2D eigenvalue weighted by atomic mass is 16.1. The molecule has 0 amide bonds. The number of hydrogen-bond acceptors (Lipinski definition) is 3. The van der Waals surface area contributed by atoms with Crippen molar-refractivity contribution in [2.45, 2.75) is 31.7 Å². The lowest BCUT2D eigenvalue weighted by Gasteiger charge is -2.18. The van der Waals surface area contributed by atoms with Gasteiger partial charge in [0, 0.05) is 0 Å². The Kier molecular flexibility index (Phi) is 4.68. The summed E-state index contributed by atoms with van der Waals surface area (Å²) < 4.78 is 0. The fraction of sp³-hybridized carbons (Fsp3) is 0.533. The molecule has 1 aromatic carbocycles. The van der Waals surface area contributed by atoms with Crippen molar-refractivity contribution < 1.29 is 4.79 Å². The number of likely N-dealkylation sites (tertiary alicyclic amines) is 1. The molecular formula is C15H20N2O. The molecule has 1 unspecified atom stereocenters. The van der Waals surface area contributed by atoms with Gasteiger partial charge in [-0.05, 0) is 56.4 Å². The molecule has 0 aromatic heterocycles. The lowest BCUT2D eigenvalue weighted by atomic mass is 9.88. The monoisotopic (exact) mass is 244 g/mol. The summed E-state index contributed by atoms with van der Waals surface area (Å²) >= 11 is 0. The normalized spacial score (nSPS) is 21.1. The highest BCUT2D eigenvalue weighted by Crippen LogP contribution is 2.30. The number of hydrogen-bond donors (Lipinski definition) is 0. The first-order chi connectivity index (χ1) is 8.81. The first-order valence-corrected chi connectivity index (χ1v) is 6.61. The first-order valence-electron chi connectivity index (χ1n) is 6.61. The molecule has 0 saturated carbocycles. The second kappa shape index (κ2) is 6.48. The first kappa shape index (κ1) is 13.0. The van der Waals surface area contributed by atoms with E-state index in [1.165, 1.54) is 36.9 Å². The fourth-order valence-corrected chi connectivity index (χ4v) is 2.74. The fourth-order valence-electron chi connectivity index (χ4n) is 2.74. The molecule has 3 heteroatoms. The van der Waals surface area contributed by atoms with Crippen LogP contribution in [0.15, 0.2) is 29.3 Å². The topological polar surface area (TPSA) is 32.7 Å². The van der Waals surface area contributed by atoms with E-state index in [0.29, 0.717) is 12.5 Å². The highest BCUT2D eigenvalue weighted by molar-refractivity contribution is 5.36. The Balaban J connectivity index is 2.18. The van der Waals surface area contributed by atoms with Crippen LogP contribution in [0.5, 0.6) is 0 Å². The van der Waals surface area contributed by atoms with Gasteiger partial charge in [-0.1, -0.05) is 24.3 Å². The minimum Gasteiger partial charge on any atom is -0.306 e. The number of isocyanates is 1. The molecule has 1 atom stereocenters. The van der Waals surface area contributed by atoms with Gasteiger partial charge in [-0.15, -0.1) is 0 Å². The van der Waals surface area contributed by atoms with Crippen LogP contribution in [0.4, 0.5) is 0 Å². The maximum Gasteiger partial charge on any atom is 0.235 e. The van der Waals surface area contributed by atoms with E-state index in [1.807, 2.05) is 6.07 Å². The van der Waals surface area contributed by atoms with E-state index in [9.17, 15) is 4.79 Å². The predicted octanol–water partition coefficient (Wildman–Crippen LogP) is 2.72. The third-order valence-electron chi connectivity index (χ3n) is 3.76. The Labute approximate surface area is 109 Å². The van der Waals surface area contributed by atoms with Gasteiger partial charge >= 0.3 is 0 Å². The molecule has 0 spiro atoms. The summed E-state index contributed by atoms with van der Waals surface area (Å²) in [5.41, 5.74) is 2.54. The summed E-state index contributed by atoms with van der Waals surface area (Å²) in [6, 6.07) is 8.36. The van der Waals surface area contributed by atoms with Gasteiger partial charge in [-0.3, -0.25) is 0 Å². The van der Waals surface area contributed by atoms with Crippen molar-refractivity contribution in [3.8, 4) is 0 Å². The van der Waals surface area contributed by atoms with Crippen molar-refractivity contribution in [2.75, 3.05) is 20.1 Å². The Morgan fingerprint density at radius 1 is 1.33 bits per heavy atom. The van der Waals surface area contributed by atoms with Gasteiger partial charge in [0.15, 0.2) is 0 Å². The minimum absolute atomic E-state index is 0.464. The standard InChI is InChI=1S/C15H20N2O/c1-17-9-4-6-13(8-10-17)15-7-3-2-5-14(15)11-16-12-18/h2-3,5,7,13H,4,6,8-11H2,1H3. The average Bonchev–Trinajstić information content (AvgIpc) is 2.61. The van der Waals surface area contributed by atoms with Crippen LogP contribution in [-0.4, -0.2) is 31.1 Å². The van der Waals surface area contributed by atoms with Gasteiger partial charge in [0.2, 0.25) is 6.08 Å². The minimum atomic E-state index is 0.464. The molecule has 0 radical (unpaired) electrons. The zero-order valence-corrected chi connectivity index (χ0v) is 10.9. The largest absolute Gasteiger partial charge is 0.306 e. The van der Waals surface area contributed by atoms with Crippen LogP contribution in [0.2, 0.25) is 0 Å². The van der Waals surface area contributed by atoms with Crippen LogP contribution < -0.4 is 0 Å². The Morgan fingerprint density at radius 3 is 3.00 bits per heavy atom. The Bertz CT molecular complexity index is 438. The molecule has 96 valence electrons. The summed E-state index contributed by atoms with van der Waals surface area (Å²) in [6.07, 6.45) is 5.30. The molecule has 2 rings (SSSR count). The maximum absolute atomic E-state index is 10.3. The lowest BCUT2D eigenvalue weighted by molar-refractivity contribution is 0.347. The van der Waals surface area contributed by atoms with Crippen LogP contribution in [0, 0.1) is 0 Å². The molecule has 0 bridgehead atoms. The van der Waals surface area contributed by atoms with E-state index in [2.05, 4.69) is 35.1 Å². The SMILES string of the molecule is CN1CCCC(c2ccccc2CN=C=O)CC1. The Morgan fingerprint density at radius 2 is 2.17 bits per heavy atom. The molecule has 1 heterocycles. The molecule has 0 N–H and O–H groups in total. The molecule has 1 fully saturated rings. The van der Waals surface area contributed by atoms with Crippen LogP contribution in [0.1, 0.15) is 36.3 Å². The van der Waals surface area contributed by atoms with E-state index in [0.717, 1.165) is 6.54 Å². The van der Waals surface area contributed by atoms with Gasteiger partial charge in [-0.25, -0.2) is 9.79 Å². The molecule has 3 nitrogen and oxygen atoms in total. The van der Waals surface area contributed by atoms with Gasteiger partial charge in [-0.2, -0.15) is 0 Å². The number of nitrogens with zero attached hydrogens (tertiary/aromatic N) is 2. The number of aliphatic imine (C=N–C) groups is 1. The van der Waals surface area contributed by atoms with E-state index in [4.69, 9.17) is 0 Å². The Hall–Kier alpha value is -1.44. The van der Waals surface area contributed by atoms with E-state index >= 15 is 0 Å². The summed E-state index contributed by atoms with van der Waals surface area (Å²) in [4.78, 5) is 16.4. The third-order valence-corrected chi connectivity index (χ3v) is 3.76. The van der Waals surface area contributed by atoms with Crippen LogP contribution in [0.25, 0.3) is 0 Å². The number of rotatable bonds is 3. The van der Waals surface area contributed by atoms with Crippen LogP contribution in [-0.2, 0) is 11.3 Å². The third kappa shape index (κ3) is 3.28. The van der Waals surface area contributed by atoms with E-state index in [-0.39, 0.29) is 0 Å². The quantitative estimate of drug-likeness (QED) is 0.605. The van der Waals surface area contributed by atoms with Gasteiger partial charge < -0.3 is 4.90 Å². The van der Waals surface area contributed by atoms with Crippen molar-refractivity contribution in [2.24, 2.45) is 4.99 Å². The van der Waals surface area contributed by atoms with Crippen LogP contribution in [0.3, 0.4) is 0 Å². The highest BCUT2D eigenvalue weighted by Gasteiger charge is 2.18. The maximum atomic E-state index is 10.3. The predicted molar refractivity (Wildman–Crippen MR) is 72.4 cm³/mol. The molecule has 18 heavy (non-hydrogen) atoms. The number of benzene rings is 1.